The zero-order valence-corrected chi connectivity index (χ0v) is 16.1. The third-order valence-corrected chi connectivity index (χ3v) is 4.69. The quantitative estimate of drug-likeness (QED) is 0.695. The number of benzene rings is 2. The van der Waals surface area contributed by atoms with E-state index in [1.54, 1.807) is 60.7 Å². The highest BCUT2D eigenvalue weighted by molar-refractivity contribution is 6.08. The maximum Gasteiger partial charge on any atom is 0.291 e. The van der Waals surface area contributed by atoms with Crippen molar-refractivity contribution in [1.82, 2.24) is 5.32 Å². The summed E-state index contributed by atoms with van der Waals surface area (Å²) >= 11 is 0. The van der Waals surface area contributed by atoms with Gasteiger partial charge in [-0.05, 0) is 48.5 Å². The molecule has 0 saturated heterocycles. The van der Waals surface area contributed by atoms with Crippen LogP contribution in [0.1, 0.15) is 20.9 Å². The molecule has 2 aromatic carbocycles. The standard InChI is InChI=1S/C22H19N3O5/c1-23-20(26)19-13-25(16-5-2-3-6-17(16)30-19)22(28)14-8-10-15(11-9-14)24-21(27)18-7-4-12-29-18/h2-12,19H,13H2,1H3,(H,23,26)(H,24,27)/t19-/m1/s1. The van der Waals surface area contributed by atoms with Crippen LogP contribution in [0.5, 0.6) is 5.75 Å². The number of amides is 3. The third kappa shape index (κ3) is 3.75. The van der Waals surface area contributed by atoms with Crippen molar-refractivity contribution < 1.29 is 23.5 Å². The lowest BCUT2D eigenvalue weighted by molar-refractivity contribution is -0.127. The van der Waals surface area contributed by atoms with Gasteiger partial charge in [0.25, 0.3) is 17.7 Å². The van der Waals surface area contributed by atoms with E-state index in [1.807, 2.05) is 0 Å². The van der Waals surface area contributed by atoms with E-state index in [0.717, 1.165) is 0 Å². The first kappa shape index (κ1) is 19.3. The smallest absolute Gasteiger partial charge is 0.291 e. The summed E-state index contributed by atoms with van der Waals surface area (Å²) in [6, 6.07) is 16.8. The van der Waals surface area contributed by atoms with Crippen LogP contribution in [0.4, 0.5) is 11.4 Å². The van der Waals surface area contributed by atoms with Gasteiger partial charge in [0.1, 0.15) is 5.75 Å². The molecule has 0 spiro atoms. The Bertz CT molecular complexity index is 1080. The fourth-order valence-electron chi connectivity index (χ4n) is 3.18. The molecule has 1 atom stereocenters. The van der Waals surface area contributed by atoms with E-state index in [-0.39, 0.29) is 30.0 Å². The number of para-hydroxylation sites is 2. The second kappa shape index (κ2) is 8.12. The minimum atomic E-state index is -0.805. The van der Waals surface area contributed by atoms with Gasteiger partial charge in [-0.15, -0.1) is 0 Å². The molecular weight excluding hydrogens is 386 g/mol. The van der Waals surface area contributed by atoms with Gasteiger partial charge in [-0.25, -0.2) is 0 Å². The van der Waals surface area contributed by atoms with Crippen LogP contribution in [0.3, 0.4) is 0 Å². The van der Waals surface area contributed by atoms with Crippen molar-refractivity contribution in [3.05, 3.63) is 78.3 Å². The molecule has 0 radical (unpaired) electrons. The van der Waals surface area contributed by atoms with Crippen LogP contribution in [0, 0.1) is 0 Å². The Morgan fingerprint density at radius 1 is 1.00 bits per heavy atom. The largest absolute Gasteiger partial charge is 0.477 e. The SMILES string of the molecule is CNC(=O)[C@H]1CN(C(=O)c2ccc(NC(=O)c3ccco3)cc2)c2ccccc2O1. The van der Waals surface area contributed by atoms with Crippen LogP contribution >= 0.6 is 0 Å². The highest BCUT2D eigenvalue weighted by Gasteiger charge is 2.33. The average molecular weight is 405 g/mol. The number of ether oxygens (including phenoxy) is 1. The fraction of sp³-hybridized carbons (Fsp3) is 0.136. The molecule has 4 rings (SSSR count). The van der Waals surface area contributed by atoms with Gasteiger partial charge in [0.15, 0.2) is 11.9 Å². The minimum Gasteiger partial charge on any atom is -0.477 e. The molecule has 0 saturated carbocycles. The number of anilines is 2. The number of fused-ring (bicyclic) bond motifs is 1. The average Bonchev–Trinajstić information content (AvgIpc) is 3.33. The lowest BCUT2D eigenvalue weighted by atomic mass is 10.1. The Balaban J connectivity index is 1.54. The van der Waals surface area contributed by atoms with Gasteiger partial charge < -0.3 is 24.7 Å². The molecule has 30 heavy (non-hydrogen) atoms. The van der Waals surface area contributed by atoms with Crippen molar-refractivity contribution in [2.75, 3.05) is 23.8 Å². The summed E-state index contributed by atoms with van der Waals surface area (Å²) in [6.45, 7) is 0.0898. The Labute approximate surface area is 172 Å². The molecule has 8 heteroatoms. The Kier molecular flexibility index (Phi) is 5.21. The van der Waals surface area contributed by atoms with E-state index in [2.05, 4.69) is 10.6 Å². The number of carbonyl (C=O) groups excluding carboxylic acids is 3. The summed E-state index contributed by atoms with van der Waals surface area (Å²) in [5.74, 6) is -0.301. The van der Waals surface area contributed by atoms with Crippen LogP contribution in [0.15, 0.2) is 71.3 Å². The molecule has 2 heterocycles. The predicted molar refractivity (Wildman–Crippen MR) is 110 cm³/mol. The van der Waals surface area contributed by atoms with Gasteiger partial charge in [0, 0.05) is 18.3 Å². The molecule has 0 bridgehead atoms. The van der Waals surface area contributed by atoms with Crippen molar-refractivity contribution in [2.45, 2.75) is 6.10 Å². The molecule has 3 amide bonds. The maximum absolute atomic E-state index is 13.2. The van der Waals surface area contributed by atoms with E-state index in [9.17, 15) is 14.4 Å². The van der Waals surface area contributed by atoms with E-state index in [1.165, 1.54) is 18.2 Å². The molecule has 0 fully saturated rings. The molecule has 1 aromatic heterocycles. The lowest BCUT2D eigenvalue weighted by Crippen LogP contribution is -2.50. The molecular formula is C22H19N3O5. The van der Waals surface area contributed by atoms with Gasteiger partial charge in [-0.2, -0.15) is 0 Å². The summed E-state index contributed by atoms with van der Waals surface area (Å²) < 4.78 is 10.8. The van der Waals surface area contributed by atoms with Gasteiger partial charge in [0.05, 0.1) is 18.5 Å². The summed E-state index contributed by atoms with van der Waals surface area (Å²) in [6.07, 6.45) is 0.615. The molecule has 0 unspecified atom stereocenters. The number of carbonyl (C=O) groups is 3. The second-order valence-corrected chi connectivity index (χ2v) is 6.61. The van der Waals surface area contributed by atoms with E-state index in [4.69, 9.17) is 9.15 Å². The number of hydrogen-bond donors (Lipinski definition) is 2. The maximum atomic E-state index is 13.2. The highest BCUT2D eigenvalue weighted by Crippen LogP contribution is 2.34. The summed E-state index contributed by atoms with van der Waals surface area (Å²) in [4.78, 5) is 38.9. The zero-order chi connectivity index (χ0) is 21.1. The Morgan fingerprint density at radius 2 is 1.77 bits per heavy atom. The number of likely N-dealkylation sites (N-methyl/N-ethyl adjacent to an activating group) is 1. The van der Waals surface area contributed by atoms with Gasteiger partial charge in [-0.3, -0.25) is 14.4 Å². The summed E-state index contributed by atoms with van der Waals surface area (Å²) in [5, 5.41) is 5.26. The third-order valence-electron chi connectivity index (χ3n) is 4.69. The van der Waals surface area contributed by atoms with Crippen molar-refractivity contribution in [3.63, 3.8) is 0 Å². The topological polar surface area (TPSA) is 101 Å². The lowest BCUT2D eigenvalue weighted by Gasteiger charge is -2.34. The van der Waals surface area contributed by atoms with Crippen LogP contribution in [0.25, 0.3) is 0 Å². The van der Waals surface area contributed by atoms with Crippen LogP contribution in [0.2, 0.25) is 0 Å². The van der Waals surface area contributed by atoms with Gasteiger partial charge >= 0.3 is 0 Å². The van der Waals surface area contributed by atoms with E-state index in [0.29, 0.717) is 22.7 Å². The van der Waals surface area contributed by atoms with Crippen molar-refractivity contribution in [2.24, 2.45) is 0 Å². The highest BCUT2D eigenvalue weighted by atomic mass is 16.5. The van der Waals surface area contributed by atoms with E-state index < -0.39 is 6.10 Å². The molecule has 152 valence electrons. The first-order valence-electron chi connectivity index (χ1n) is 9.31. The number of furan rings is 1. The first-order valence-corrected chi connectivity index (χ1v) is 9.31. The molecule has 0 aliphatic carbocycles. The number of nitrogens with one attached hydrogen (secondary N) is 2. The minimum absolute atomic E-state index is 0.0898. The van der Waals surface area contributed by atoms with Crippen molar-refractivity contribution >= 4 is 29.1 Å². The summed E-state index contributed by atoms with van der Waals surface area (Å²) in [5.41, 5.74) is 1.54. The predicted octanol–water partition coefficient (Wildman–Crippen LogP) is 2.69. The first-order chi connectivity index (χ1) is 14.6. The van der Waals surface area contributed by atoms with Gasteiger partial charge in [-0.1, -0.05) is 12.1 Å². The monoisotopic (exact) mass is 405 g/mol. The number of rotatable bonds is 4. The molecule has 1 aliphatic rings. The van der Waals surface area contributed by atoms with Gasteiger partial charge in [0.2, 0.25) is 0 Å². The zero-order valence-electron chi connectivity index (χ0n) is 16.1. The molecule has 8 nitrogen and oxygen atoms in total. The van der Waals surface area contributed by atoms with Crippen LogP contribution in [-0.4, -0.2) is 37.4 Å². The van der Waals surface area contributed by atoms with E-state index >= 15 is 0 Å². The molecule has 3 aromatic rings. The van der Waals surface area contributed by atoms with Crippen LogP contribution in [-0.2, 0) is 4.79 Å². The number of nitrogens with zero attached hydrogens (tertiary/aromatic N) is 1. The van der Waals surface area contributed by atoms with Crippen molar-refractivity contribution in [1.29, 1.82) is 0 Å². The van der Waals surface area contributed by atoms with Crippen molar-refractivity contribution in [3.8, 4) is 5.75 Å². The molecule has 2 N–H and O–H groups in total. The van der Waals surface area contributed by atoms with Crippen LogP contribution < -0.4 is 20.3 Å². The fourth-order valence-corrected chi connectivity index (χ4v) is 3.18. The Morgan fingerprint density at radius 3 is 2.47 bits per heavy atom. The molecule has 1 aliphatic heterocycles. The normalized spacial score (nSPS) is 15.0. The summed E-state index contributed by atoms with van der Waals surface area (Å²) in [7, 11) is 1.52. The second-order valence-electron chi connectivity index (χ2n) is 6.61. The number of hydrogen-bond acceptors (Lipinski definition) is 5. The Hall–Kier alpha value is -4.07.